The van der Waals surface area contributed by atoms with Crippen LogP contribution in [-0.2, 0) is 6.42 Å². The maximum Gasteiger partial charge on any atom is 0.406 e. The lowest BCUT2D eigenvalue weighted by Crippen LogP contribution is -2.45. The van der Waals surface area contributed by atoms with E-state index in [0.717, 1.165) is 5.56 Å². The fourth-order valence-corrected chi connectivity index (χ4v) is 1.45. The Labute approximate surface area is 102 Å². The van der Waals surface area contributed by atoms with Crippen molar-refractivity contribution in [1.29, 1.82) is 0 Å². The van der Waals surface area contributed by atoms with Crippen LogP contribution in [0.5, 0.6) is 0 Å². The first kappa shape index (κ1) is 14.3. The predicted octanol–water partition coefficient (Wildman–Crippen LogP) is 2.40. The van der Waals surface area contributed by atoms with Crippen LogP contribution in [0.15, 0.2) is 24.3 Å². The van der Waals surface area contributed by atoms with Gasteiger partial charge in [0.25, 0.3) is 0 Å². The summed E-state index contributed by atoms with van der Waals surface area (Å²) in [5.41, 5.74) is 0.890. The van der Waals surface area contributed by atoms with E-state index in [1.165, 1.54) is 0 Å². The second kappa shape index (κ2) is 6.23. The van der Waals surface area contributed by atoms with Crippen molar-refractivity contribution in [2.75, 3.05) is 13.2 Å². The van der Waals surface area contributed by atoms with E-state index >= 15 is 0 Å². The van der Waals surface area contributed by atoms with Crippen molar-refractivity contribution in [2.24, 2.45) is 0 Å². The highest BCUT2D eigenvalue weighted by Gasteiger charge is 2.38. The zero-order valence-corrected chi connectivity index (χ0v) is 9.72. The van der Waals surface area contributed by atoms with Crippen molar-refractivity contribution in [3.8, 4) is 0 Å². The van der Waals surface area contributed by atoms with Crippen molar-refractivity contribution in [2.45, 2.75) is 18.6 Å². The second-order valence-corrected chi connectivity index (χ2v) is 4.04. The molecule has 0 aromatic heterocycles. The molecule has 0 heterocycles. The van der Waals surface area contributed by atoms with Crippen LogP contribution >= 0.6 is 11.6 Å². The van der Waals surface area contributed by atoms with Crippen molar-refractivity contribution in [3.63, 3.8) is 0 Å². The summed E-state index contributed by atoms with van der Waals surface area (Å²) < 4.78 is 36.8. The third-order valence-corrected chi connectivity index (χ3v) is 2.55. The summed E-state index contributed by atoms with van der Waals surface area (Å²) in [5.74, 6) is 0. The molecule has 2 nitrogen and oxygen atoms in total. The van der Waals surface area contributed by atoms with Gasteiger partial charge in [-0.1, -0.05) is 23.7 Å². The highest BCUT2D eigenvalue weighted by Crippen LogP contribution is 2.19. The molecule has 1 unspecified atom stereocenters. The lowest BCUT2D eigenvalue weighted by Gasteiger charge is -2.19. The Morgan fingerprint density at radius 1 is 1.24 bits per heavy atom. The monoisotopic (exact) mass is 267 g/mol. The maximum atomic E-state index is 12.3. The highest BCUT2D eigenvalue weighted by molar-refractivity contribution is 6.30. The minimum Gasteiger partial charge on any atom is -0.394 e. The minimum atomic E-state index is -4.42. The topological polar surface area (TPSA) is 32.3 Å². The van der Waals surface area contributed by atoms with E-state index in [-0.39, 0.29) is 6.54 Å². The second-order valence-electron chi connectivity index (χ2n) is 3.61. The predicted molar refractivity (Wildman–Crippen MR) is 60.1 cm³/mol. The van der Waals surface area contributed by atoms with Gasteiger partial charge in [-0.15, -0.1) is 0 Å². The van der Waals surface area contributed by atoms with Gasteiger partial charge < -0.3 is 10.4 Å². The number of hydrogen-bond donors (Lipinski definition) is 2. The van der Waals surface area contributed by atoms with Gasteiger partial charge in [-0.25, -0.2) is 0 Å². The normalized spacial score (nSPS) is 13.7. The Hall–Kier alpha value is -0.780. The average Bonchev–Trinajstić information content (AvgIpc) is 2.25. The molecule has 1 atom stereocenters. The lowest BCUT2D eigenvalue weighted by molar-refractivity contribution is -0.163. The van der Waals surface area contributed by atoms with Crippen molar-refractivity contribution in [3.05, 3.63) is 34.9 Å². The van der Waals surface area contributed by atoms with Crippen LogP contribution in [0.2, 0.25) is 5.02 Å². The van der Waals surface area contributed by atoms with Gasteiger partial charge >= 0.3 is 6.18 Å². The van der Waals surface area contributed by atoms with Crippen LogP contribution in [0.3, 0.4) is 0 Å². The van der Waals surface area contributed by atoms with E-state index in [2.05, 4.69) is 5.32 Å². The third kappa shape index (κ3) is 4.93. The number of nitrogens with one attached hydrogen (secondary N) is 1. The number of aliphatic hydroxyl groups is 1. The molecule has 1 aromatic rings. The Morgan fingerprint density at radius 2 is 1.82 bits per heavy atom. The third-order valence-electron chi connectivity index (χ3n) is 2.30. The fourth-order valence-electron chi connectivity index (χ4n) is 1.33. The number of alkyl halides is 3. The molecule has 2 N–H and O–H groups in total. The van der Waals surface area contributed by atoms with E-state index in [4.69, 9.17) is 16.7 Å². The molecule has 1 aromatic carbocycles. The summed E-state index contributed by atoms with van der Waals surface area (Å²) in [6.45, 7) is -0.809. The Morgan fingerprint density at radius 3 is 2.29 bits per heavy atom. The Bertz CT molecular complexity index is 340. The molecule has 1 rings (SSSR count). The maximum absolute atomic E-state index is 12.3. The van der Waals surface area contributed by atoms with Crippen molar-refractivity contribution < 1.29 is 18.3 Å². The van der Waals surface area contributed by atoms with Crippen LogP contribution in [0.1, 0.15) is 5.56 Å². The van der Waals surface area contributed by atoms with Gasteiger partial charge in [0, 0.05) is 5.02 Å². The zero-order chi connectivity index (χ0) is 12.9. The summed E-state index contributed by atoms with van der Waals surface area (Å²) in [4.78, 5) is 0. The molecule has 0 bridgehead atoms. The van der Waals surface area contributed by atoms with Crippen LogP contribution in [0.25, 0.3) is 0 Å². The van der Waals surface area contributed by atoms with Crippen LogP contribution in [0, 0.1) is 0 Å². The van der Waals surface area contributed by atoms with Gasteiger partial charge in [0.2, 0.25) is 0 Å². The summed E-state index contributed by atoms with van der Waals surface area (Å²) in [7, 11) is 0. The number of hydrogen-bond acceptors (Lipinski definition) is 2. The first-order valence-corrected chi connectivity index (χ1v) is 5.46. The molecule has 6 heteroatoms. The summed E-state index contributed by atoms with van der Waals surface area (Å²) in [5, 5.41) is 11.4. The largest absolute Gasteiger partial charge is 0.406 e. The van der Waals surface area contributed by atoms with E-state index in [1.54, 1.807) is 24.3 Å². The molecule has 0 saturated carbocycles. The van der Waals surface area contributed by atoms with E-state index < -0.39 is 18.8 Å². The van der Waals surface area contributed by atoms with Crippen molar-refractivity contribution in [1.82, 2.24) is 5.32 Å². The van der Waals surface area contributed by atoms with Crippen LogP contribution in [0.4, 0.5) is 13.2 Å². The highest BCUT2D eigenvalue weighted by atomic mass is 35.5. The van der Waals surface area contributed by atoms with Crippen LogP contribution in [-0.4, -0.2) is 30.5 Å². The first-order chi connectivity index (χ1) is 7.93. The fraction of sp³-hybridized carbons (Fsp3) is 0.455. The van der Waals surface area contributed by atoms with Gasteiger partial charge in [-0.3, -0.25) is 0 Å². The number of benzene rings is 1. The van der Waals surface area contributed by atoms with Gasteiger partial charge in [0.15, 0.2) is 0 Å². The molecule has 17 heavy (non-hydrogen) atoms. The lowest BCUT2D eigenvalue weighted by atomic mass is 10.1. The van der Waals surface area contributed by atoms with E-state index in [0.29, 0.717) is 11.4 Å². The van der Waals surface area contributed by atoms with Gasteiger partial charge in [-0.05, 0) is 30.7 Å². The summed E-state index contributed by atoms with van der Waals surface area (Å²) in [6.07, 6.45) is -3.97. The molecule has 0 aliphatic rings. The molecule has 0 amide bonds. The molecule has 0 radical (unpaired) electrons. The Kier molecular flexibility index (Phi) is 5.24. The molecular weight excluding hydrogens is 255 g/mol. The zero-order valence-electron chi connectivity index (χ0n) is 8.97. The summed E-state index contributed by atoms with van der Waals surface area (Å²) in [6, 6.07) is 5.01. The van der Waals surface area contributed by atoms with Crippen LogP contribution < -0.4 is 5.32 Å². The SMILES string of the molecule is OCC(NCCc1ccc(Cl)cc1)C(F)(F)F. The smallest absolute Gasteiger partial charge is 0.394 e. The molecule has 0 saturated heterocycles. The van der Waals surface area contributed by atoms with Gasteiger partial charge in [0.1, 0.15) is 6.04 Å². The molecule has 96 valence electrons. The first-order valence-electron chi connectivity index (χ1n) is 5.09. The molecule has 0 spiro atoms. The number of aliphatic hydroxyl groups excluding tert-OH is 1. The number of halogens is 4. The average molecular weight is 268 g/mol. The standard InChI is InChI=1S/C11H13ClF3NO/c12-9-3-1-8(2-4-9)5-6-16-10(7-17)11(13,14)15/h1-4,10,16-17H,5-7H2. The molecule has 0 aliphatic carbocycles. The quantitative estimate of drug-likeness (QED) is 0.859. The molecule has 0 fully saturated rings. The van der Waals surface area contributed by atoms with E-state index in [9.17, 15) is 13.2 Å². The molecule has 0 aliphatic heterocycles. The van der Waals surface area contributed by atoms with Gasteiger partial charge in [-0.2, -0.15) is 13.2 Å². The van der Waals surface area contributed by atoms with Crippen molar-refractivity contribution >= 4 is 11.6 Å². The molecular formula is C11H13ClF3NO. The van der Waals surface area contributed by atoms with E-state index in [1.807, 2.05) is 0 Å². The van der Waals surface area contributed by atoms with Gasteiger partial charge in [0.05, 0.1) is 6.61 Å². The summed E-state index contributed by atoms with van der Waals surface area (Å²) >= 11 is 5.68. The minimum absolute atomic E-state index is 0.145. The number of rotatable bonds is 5. The Balaban J connectivity index is 2.39.